The van der Waals surface area contributed by atoms with Crippen molar-refractivity contribution in [3.8, 4) is 0 Å². The summed E-state index contributed by atoms with van der Waals surface area (Å²) in [6, 6.07) is 10.4. The Labute approximate surface area is 148 Å². The van der Waals surface area contributed by atoms with Gasteiger partial charge in [0, 0.05) is 31.5 Å². The van der Waals surface area contributed by atoms with E-state index in [9.17, 15) is 4.79 Å². The highest BCUT2D eigenvalue weighted by atomic mass is 16.2. The Morgan fingerprint density at radius 2 is 2.04 bits per heavy atom. The molecule has 1 aliphatic carbocycles. The SMILES string of the molecule is Cc1cccc(C2(C(=O)N[C@H]3CCCN(c4ncccn4)C3)CC2)c1. The second-order valence-corrected chi connectivity index (χ2v) is 7.26. The zero-order chi connectivity index (χ0) is 17.3. The topological polar surface area (TPSA) is 58.1 Å². The van der Waals surface area contributed by atoms with E-state index in [1.54, 1.807) is 12.4 Å². The standard InChI is InChI=1S/C20H24N4O/c1-15-5-2-6-16(13-15)20(8-9-20)18(25)23-17-7-3-12-24(14-17)19-21-10-4-11-22-19/h2,4-6,10-11,13,17H,3,7-9,12,14H2,1H3,(H,23,25)/t17-/m0/s1. The second-order valence-electron chi connectivity index (χ2n) is 7.26. The first-order valence-corrected chi connectivity index (χ1v) is 9.07. The van der Waals surface area contributed by atoms with Crippen LogP contribution in [0.2, 0.25) is 0 Å². The van der Waals surface area contributed by atoms with Crippen molar-refractivity contribution in [2.75, 3.05) is 18.0 Å². The summed E-state index contributed by atoms with van der Waals surface area (Å²) in [6.45, 7) is 3.80. The monoisotopic (exact) mass is 336 g/mol. The first-order valence-electron chi connectivity index (χ1n) is 9.07. The molecule has 1 aliphatic heterocycles. The van der Waals surface area contributed by atoms with Crippen molar-refractivity contribution in [2.24, 2.45) is 0 Å². The van der Waals surface area contributed by atoms with Crippen LogP contribution in [0.5, 0.6) is 0 Å². The van der Waals surface area contributed by atoms with Gasteiger partial charge >= 0.3 is 0 Å². The number of hydrogen-bond donors (Lipinski definition) is 1. The fraction of sp³-hybridized carbons (Fsp3) is 0.450. The molecule has 0 unspecified atom stereocenters. The number of piperidine rings is 1. The molecule has 1 atom stereocenters. The van der Waals surface area contributed by atoms with Gasteiger partial charge in [0.1, 0.15) is 0 Å². The molecule has 0 radical (unpaired) electrons. The summed E-state index contributed by atoms with van der Waals surface area (Å²) < 4.78 is 0. The van der Waals surface area contributed by atoms with E-state index in [4.69, 9.17) is 0 Å². The summed E-state index contributed by atoms with van der Waals surface area (Å²) in [6.07, 6.45) is 7.48. The van der Waals surface area contributed by atoms with Gasteiger partial charge in [0.15, 0.2) is 0 Å². The average Bonchev–Trinajstić information content (AvgIpc) is 3.45. The molecule has 1 aromatic carbocycles. The summed E-state index contributed by atoms with van der Waals surface area (Å²) in [4.78, 5) is 23.8. The average molecular weight is 336 g/mol. The summed E-state index contributed by atoms with van der Waals surface area (Å²) in [5.74, 6) is 0.931. The van der Waals surface area contributed by atoms with Crippen LogP contribution >= 0.6 is 0 Å². The van der Waals surface area contributed by atoms with E-state index >= 15 is 0 Å². The molecule has 25 heavy (non-hydrogen) atoms. The minimum absolute atomic E-state index is 0.160. The van der Waals surface area contributed by atoms with Crippen LogP contribution in [-0.2, 0) is 10.2 Å². The minimum atomic E-state index is -0.308. The first-order chi connectivity index (χ1) is 12.2. The molecular weight excluding hydrogens is 312 g/mol. The number of hydrogen-bond acceptors (Lipinski definition) is 4. The zero-order valence-corrected chi connectivity index (χ0v) is 14.6. The maximum absolute atomic E-state index is 13.0. The lowest BCUT2D eigenvalue weighted by Crippen LogP contribution is -2.50. The number of amides is 1. The quantitative estimate of drug-likeness (QED) is 0.932. The Hall–Kier alpha value is -2.43. The minimum Gasteiger partial charge on any atom is -0.351 e. The Morgan fingerprint density at radius 3 is 2.76 bits per heavy atom. The van der Waals surface area contributed by atoms with E-state index in [1.807, 2.05) is 12.1 Å². The van der Waals surface area contributed by atoms with Crippen molar-refractivity contribution in [1.82, 2.24) is 15.3 Å². The van der Waals surface area contributed by atoms with Gasteiger partial charge in [0.2, 0.25) is 11.9 Å². The third-order valence-electron chi connectivity index (χ3n) is 5.35. The van der Waals surface area contributed by atoms with E-state index in [1.165, 1.54) is 5.56 Å². The molecular formula is C20H24N4O. The molecule has 1 saturated heterocycles. The van der Waals surface area contributed by atoms with Gasteiger partial charge in [-0.3, -0.25) is 4.79 Å². The number of benzene rings is 1. The van der Waals surface area contributed by atoms with E-state index < -0.39 is 0 Å². The van der Waals surface area contributed by atoms with Gasteiger partial charge in [-0.1, -0.05) is 29.8 Å². The molecule has 1 amide bonds. The molecule has 5 nitrogen and oxygen atoms in total. The van der Waals surface area contributed by atoms with Gasteiger partial charge < -0.3 is 10.2 Å². The van der Waals surface area contributed by atoms with Gasteiger partial charge in [-0.25, -0.2) is 9.97 Å². The van der Waals surface area contributed by atoms with Gasteiger partial charge in [-0.2, -0.15) is 0 Å². The van der Waals surface area contributed by atoms with Crippen LogP contribution in [0, 0.1) is 6.92 Å². The van der Waals surface area contributed by atoms with Crippen molar-refractivity contribution in [2.45, 2.75) is 44.1 Å². The normalized spacial score (nSPS) is 21.6. The Balaban J connectivity index is 1.44. The fourth-order valence-corrected chi connectivity index (χ4v) is 3.77. The van der Waals surface area contributed by atoms with Crippen LogP contribution in [0.3, 0.4) is 0 Å². The molecule has 2 fully saturated rings. The maximum Gasteiger partial charge on any atom is 0.230 e. The number of carbonyl (C=O) groups excluding carboxylic acids is 1. The number of rotatable bonds is 4. The Morgan fingerprint density at radius 1 is 1.24 bits per heavy atom. The molecule has 1 aromatic heterocycles. The molecule has 4 rings (SSSR count). The van der Waals surface area contributed by atoms with Crippen molar-refractivity contribution < 1.29 is 4.79 Å². The van der Waals surface area contributed by atoms with Gasteiger partial charge in [-0.05, 0) is 44.2 Å². The summed E-state index contributed by atoms with van der Waals surface area (Å²) in [5, 5.41) is 3.30. The lowest BCUT2D eigenvalue weighted by Gasteiger charge is -2.34. The molecule has 1 N–H and O–H groups in total. The summed E-state index contributed by atoms with van der Waals surface area (Å²) >= 11 is 0. The molecule has 2 heterocycles. The molecule has 130 valence electrons. The highest BCUT2D eigenvalue weighted by molar-refractivity contribution is 5.91. The highest BCUT2D eigenvalue weighted by Gasteiger charge is 2.51. The highest BCUT2D eigenvalue weighted by Crippen LogP contribution is 2.48. The molecule has 2 aliphatic rings. The third kappa shape index (κ3) is 3.23. The third-order valence-corrected chi connectivity index (χ3v) is 5.35. The Kier molecular flexibility index (Phi) is 4.15. The van der Waals surface area contributed by atoms with Crippen LogP contribution in [0.15, 0.2) is 42.7 Å². The van der Waals surface area contributed by atoms with Crippen molar-refractivity contribution >= 4 is 11.9 Å². The van der Waals surface area contributed by atoms with Gasteiger partial charge in [0.25, 0.3) is 0 Å². The first kappa shape index (κ1) is 16.1. The van der Waals surface area contributed by atoms with Crippen molar-refractivity contribution in [1.29, 1.82) is 0 Å². The molecule has 1 saturated carbocycles. The summed E-state index contributed by atoms with van der Waals surface area (Å²) in [7, 11) is 0. The number of aryl methyl sites for hydroxylation is 1. The Bertz CT molecular complexity index is 757. The number of carbonyl (C=O) groups is 1. The van der Waals surface area contributed by atoms with E-state index in [2.05, 4.69) is 45.3 Å². The number of nitrogens with zero attached hydrogens (tertiary/aromatic N) is 3. The van der Waals surface area contributed by atoms with Crippen molar-refractivity contribution in [3.63, 3.8) is 0 Å². The molecule has 0 spiro atoms. The van der Waals surface area contributed by atoms with Gasteiger partial charge in [0.05, 0.1) is 5.41 Å². The van der Waals surface area contributed by atoms with E-state index in [-0.39, 0.29) is 17.4 Å². The lowest BCUT2D eigenvalue weighted by molar-refractivity contribution is -0.124. The number of aromatic nitrogens is 2. The van der Waals surface area contributed by atoms with E-state index in [0.29, 0.717) is 0 Å². The fourth-order valence-electron chi connectivity index (χ4n) is 3.77. The zero-order valence-electron chi connectivity index (χ0n) is 14.6. The predicted molar refractivity (Wildman–Crippen MR) is 97.5 cm³/mol. The summed E-state index contributed by atoms with van der Waals surface area (Å²) in [5.41, 5.74) is 2.06. The van der Waals surface area contributed by atoms with Crippen molar-refractivity contribution in [3.05, 3.63) is 53.9 Å². The number of nitrogens with one attached hydrogen (secondary N) is 1. The molecule has 5 heteroatoms. The lowest BCUT2D eigenvalue weighted by atomic mass is 9.93. The smallest absolute Gasteiger partial charge is 0.230 e. The van der Waals surface area contributed by atoms with Crippen LogP contribution in [0.25, 0.3) is 0 Å². The second kappa shape index (κ2) is 6.47. The van der Waals surface area contributed by atoms with Crippen LogP contribution in [0.1, 0.15) is 36.8 Å². The number of anilines is 1. The van der Waals surface area contributed by atoms with Crippen LogP contribution < -0.4 is 10.2 Å². The van der Waals surface area contributed by atoms with Gasteiger partial charge in [-0.15, -0.1) is 0 Å². The molecule has 2 aromatic rings. The maximum atomic E-state index is 13.0. The van der Waals surface area contributed by atoms with E-state index in [0.717, 1.165) is 50.3 Å². The molecule has 0 bridgehead atoms. The predicted octanol–water partition coefficient (Wildman–Crippen LogP) is 2.60. The van der Waals surface area contributed by atoms with Crippen LogP contribution in [0.4, 0.5) is 5.95 Å². The largest absolute Gasteiger partial charge is 0.351 e. The van der Waals surface area contributed by atoms with Crippen LogP contribution in [-0.4, -0.2) is 35.0 Å².